The van der Waals surface area contributed by atoms with Crippen LogP contribution in [0.5, 0.6) is 5.75 Å². The van der Waals surface area contributed by atoms with Crippen LogP contribution in [0.4, 0.5) is 5.69 Å². The van der Waals surface area contributed by atoms with Gasteiger partial charge in [-0.3, -0.25) is 4.90 Å². The van der Waals surface area contributed by atoms with Gasteiger partial charge in [0.1, 0.15) is 12.1 Å². The molecule has 8 heteroatoms. The van der Waals surface area contributed by atoms with Crippen LogP contribution in [0, 0.1) is 0 Å². The minimum Gasteiger partial charge on any atom is -0.497 e. The summed E-state index contributed by atoms with van der Waals surface area (Å²) in [5.74, 6) is 0.812. The topological polar surface area (TPSA) is 87.8 Å². The Balaban J connectivity index is 1.52. The number of aliphatic hydroxyl groups is 1. The summed E-state index contributed by atoms with van der Waals surface area (Å²) in [4.78, 5) is 2.36. The maximum Gasteiger partial charge on any atom is 0.200 e. The van der Waals surface area contributed by atoms with Crippen LogP contribution >= 0.6 is 0 Å². The molecule has 8 nitrogen and oxygen atoms in total. The third-order valence-corrected chi connectivity index (χ3v) is 5.33. The molecule has 1 fully saturated rings. The van der Waals surface area contributed by atoms with Crippen LogP contribution in [-0.2, 0) is 0 Å². The van der Waals surface area contributed by atoms with E-state index >= 15 is 0 Å². The van der Waals surface area contributed by atoms with Crippen molar-refractivity contribution >= 4 is 11.3 Å². The van der Waals surface area contributed by atoms with Crippen LogP contribution in [0.1, 0.15) is 19.3 Å². The molecule has 0 radical (unpaired) electrons. The summed E-state index contributed by atoms with van der Waals surface area (Å²) in [6, 6.07) is 10.1. The molecule has 1 saturated heterocycles. The van der Waals surface area contributed by atoms with E-state index in [-0.39, 0.29) is 12.6 Å². The maximum absolute atomic E-state index is 9.59. The van der Waals surface area contributed by atoms with Gasteiger partial charge in [0, 0.05) is 24.7 Å². The van der Waals surface area contributed by atoms with Crippen LogP contribution in [0.15, 0.2) is 36.7 Å². The SMILES string of the molecule is COc1ccc(-c2cc(NCCN3CCCCC3CO)c3nncn3n2)cc1. The minimum atomic E-state index is 0.227. The van der Waals surface area contributed by atoms with E-state index < -0.39 is 0 Å². The summed E-state index contributed by atoms with van der Waals surface area (Å²) in [6.07, 6.45) is 5.08. The fourth-order valence-corrected chi connectivity index (χ4v) is 3.75. The molecule has 148 valence electrons. The molecule has 0 bridgehead atoms. The van der Waals surface area contributed by atoms with Gasteiger partial charge in [-0.15, -0.1) is 10.2 Å². The minimum absolute atomic E-state index is 0.227. The Morgan fingerprint density at radius 3 is 2.89 bits per heavy atom. The Morgan fingerprint density at radius 2 is 2.11 bits per heavy atom. The standard InChI is InChI=1S/C20H26N6O2/c1-28-17-7-5-15(6-8-17)18-12-19(20-23-22-14-26(20)24-18)21-9-11-25-10-3-2-4-16(25)13-27/h5-8,12,14,16,21,27H,2-4,9-11,13H2,1H3. The van der Waals surface area contributed by atoms with Crippen LogP contribution in [0.25, 0.3) is 16.9 Å². The van der Waals surface area contributed by atoms with E-state index in [0.717, 1.165) is 48.7 Å². The Morgan fingerprint density at radius 1 is 1.25 bits per heavy atom. The van der Waals surface area contributed by atoms with Crippen molar-refractivity contribution in [2.75, 3.05) is 38.7 Å². The van der Waals surface area contributed by atoms with Crippen molar-refractivity contribution in [3.63, 3.8) is 0 Å². The maximum atomic E-state index is 9.59. The van der Waals surface area contributed by atoms with Gasteiger partial charge in [0.05, 0.1) is 25.1 Å². The molecule has 1 aliphatic rings. The molecule has 28 heavy (non-hydrogen) atoms. The molecule has 0 spiro atoms. The van der Waals surface area contributed by atoms with Crippen molar-refractivity contribution in [1.82, 2.24) is 24.7 Å². The molecule has 1 unspecified atom stereocenters. The lowest BCUT2D eigenvalue weighted by Gasteiger charge is -2.34. The molecule has 0 aliphatic carbocycles. The molecule has 1 aliphatic heterocycles. The Bertz CT molecular complexity index is 911. The van der Waals surface area contributed by atoms with Crippen LogP contribution in [-0.4, -0.2) is 69.2 Å². The van der Waals surface area contributed by atoms with Gasteiger partial charge in [0.2, 0.25) is 5.65 Å². The highest BCUT2D eigenvalue weighted by molar-refractivity contribution is 5.73. The lowest BCUT2D eigenvalue weighted by atomic mass is 10.0. The number of hydrogen-bond acceptors (Lipinski definition) is 7. The van der Waals surface area contributed by atoms with Gasteiger partial charge in [0.25, 0.3) is 0 Å². The van der Waals surface area contributed by atoms with Gasteiger partial charge in [-0.1, -0.05) is 6.42 Å². The summed E-state index contributed by atoms with van der Waals surface area (Å²) in [7, 11) is 1.65. The summed E-state index contributed by atoms with van der Waals surface area (Å²) < 4.78 is 6.93. The predicted molar refractivity (Wildman–Crippen MR) is 108 cm³/mol. The van der Waals surface area contributed by atoms with Crippen molar-refractivity contribution in [2.24, 2.45) is 0 Å². The van der Waals surface area contributed by atoms with Gasteiger partial charge in [-0.05, 0) is 49.7 Å². The number of nitrogens with zero attached hydrogens (tertiary/aromatic N) is 5. The lowest BCUT2D eigenvalue weighted by Crippen LogP contribution is -2.44. The molecule has 3 aromatic rings. The van der Waals surface area contributed by atoms with Crippen molar-refractivity contribution < 1.29 is 9.84 Å². The Labute approximate surface area is 164 Å². The quantitative estimate of drug-likeness (QED) is 0.647. The molecule has 2 aromatic heterocycles. The second-order valence-electron chi connectivity index (χ2n) is 7.07. The number of methoxy groups -OCH3 is 1. The number of anilines is 1. The van der Waals surface area contributed by atoms with Crippen LogP contribution in [0.2, 0.25) is 0 Å². The summed E-state index contributed by atoms with van der Waals surface area (Å²) >= 11 is 0. The summed E-state index contributed by atoms with van der Waals surface area (Å²) in [6.45, 7) is 2.92. The summed E-state index contributed by atoms with van der Waals surface area (Å²) in [5.41, 5.74) is 3.44. The van der Waals surface area contributed by atoms with E-state index in [1.807, 2.05) is 30.3 Å². The van der Waals surface area contributed by atoms with E-state index in [9.17, 15) is 5.11 Å². The number of rotatable bonds is 7. The highest BCUT2D eigenvalue weighted by atomic mass is 16.5. The van der Waals surface area contributed by atoms with Gasteiger partial charge in [-0.2, -0.15) is 9.61 Å². The zero-order valence-electron chi connectivity index (χ0n) is 16.1. The number of piperidine rings is 1. The molecular weight excluding hydrogens is 356 g/mol. The highest BCUT2D eigenvalue weighted by Crippen LogP contribution is 2.25. The highest BCUT2D eigenvalue weighted by Gasteiger charge is 2.21. The van der Waals surface area contributed by atoms with E-state index in [0.29, 0.717) is 5.65 Å². The molecule has 1 aromatic carbocycles. The predicted octanol–water partition coefficient (Wildman–Crippen LogP) is 2.06. The molecule has 2 N–H and O–H groups in total. The number of aliphatic hydroxyl groups excluding tert-OH is 1. The lowest BCUT2D eigenvalue weighted by molar-refractivity contribution is 0.0940. The largest absolute Gasteiger partial charge is 0.497 e. The van der Waals surface area contributed by atoms with Gasteiger partial charge >= 0.3 is 0 Å². The number of fused-ring (bicyclic) bond motifs is 1. The molecule has 4 rings (SSSR count). The molecule has 0 saturated carbocycles. The molecule has 0 amide bonds. The monoisotopic (exact) mass is 382 g/mol. The number of aromatic nitrogens is 4. The van der Waals surface area contributed by atoms with Crippen molar-refractivity contribution in [2.45, 2.75) is 25.3 Å². The number of benzene rings is 1. The second-order valence-corrected chi connectivity index (χ2v) is 7.07. The van der Waals surface area contributed by atoms with E-state index in [1.54, 1.807) is 18.0 Å². The Hall–Kier alpha value is -2.71. The fraction of sp³-hybridized carbons (Fsp3) is 0.450. The first-order valence-corrected chi connectivity index (χ1v) is 9.73. The molecule has 1 atom stereocenters. The van der Waals surface area contributed by atoms with E-state index in [1.165, 1.54) is 12.8 Å². The third-order valence-electron chi connectivity index (χ3n) is 5.33. The van der Waals surface area contributed by atoms with Gasteiger partial charge in [-0.25, -0.2) is 0 Å². The normalized spacial score (nSPS) is 17.7. The number of nitrogens with one attached hydrogen (secondary N) is 1. The fourth-order valence-electron chi connectivity index (χ4n) is 3.75. The third kappa shape index (κ3) is 3.93. The smallest absolute Gasteiger partial charge is 0.200 e. The summed E-state index contributed by atoms with van der Waals surface area (Å²) in [5, 5.41) is 25.9. The zero-order valence-corrected chi connectivity index (χ0v) is 16.1. The molecule has 3 heterocycles. The average Bonchev–Trinajstić information content (AvgIpc) is 3.23. The molecular formula is C20H26N6O2. The second kappa shape index (κ2) is 8.53. The van der Waals surface area contributed by atoms with Crippen LogP contribution in [0.3, 0.4) is 0 Å². The van der Waals surface area contributed by atoms with E-state index in [2.05, 4.69) is 25.5 Å². The van der Waals surface area contributed by atoms with Crippen molar-refractivity contribution in [1.29, 1.82) is 0 Å². The Kier molecular flexibility index (Phi) is 5.68. The number of ether oxygens (including phenoxy) is 1. The first kappa shape index (κ1) is 18.6. The van der Waals surface area contributed by atoms with E-state index in [4.69, 9.17) is 4.74 Å². The van der Waals surface area contributed by atoms with Crippen molar-refractivity contribution in [3.05, 3.63) is 36.7 Å². The number of hydrogen-bond donors (Lipinski definition) is 2. The zero-order chi connectivity index (χ0) is 19.3. The number of likely N-dealkylation sites (tertiary alicyclic amines) is 1. The average molecular weight is 382 g/mol. The first-order chi connectivity index (χ1) is 13.8. The van der Waals surface area contributed by atoms with Crippen molar-refractivity contribution in [3.8, 4) is 17.0 Å². The van der Waals surface area contributed by atoms with Gasteiger partial charge in [0.15, 0.2) is 0 Å². The van der Waals surface area contributed by atoms with Gasteiger partial charge < -0.3 is 15.2 Å². The first-order valence-electron chi connectivity index (χ1n) is 9.73. The van der Waals surface area contributed by atoms with Crippen LogP contribution < -0.4 is 10.1 Å².